The van der Waals surface area contributed by atoms with Crippen molar-refractivity contribution in [3.8, 4) is 0 Å². The van der Waals surface area contributed by atoms with Crippen molar-refractivity contribution < 1.29 is 18.0 Å². The second kappa shape index (κ2) is 13.0. The number of hydrogen-bond donors (Lipinski definition) is 2. The zero-order valence-corrected chi connectivity index (χ0v) is 25.3. The van der Waals surface area contributed by atoms with E-state index in [1.807, 2.05) is 19.9 Å². The maximum absolute atomic E-state index is 13.7. The second-order valence-corrected chi connectivity index (χ2v) is 12.2. The van der Waals surface area contributed by atoms with Crippen LogP contribution in [-0.2, 0) is 14.8 Å². The van der Waals surface area contributed by atoms with Crippen LogP contribution in [0.4, 0.5) is 11.4 Å². The lowest BCUT2D eigenvalue weighted by Gasteiger charge is -2.25. The van der Waals surface area contributed by atoms with E-state index in [4.69, 9.17) is 11.6 Å². The molecule has 0 bridgehead atoms. The molecule has 8 nitrogen and oxygen atoms in total. The predicted molar refractivity (Wildman–Crippen MR) is 168 cm³/mol. The largest absolute Gasteiger partial charge is 0.322 e. The van der Waals surface area contributed by atoms with Crippen LogP contribution < -0.4 is 15.0 Å². The number of rotatable bonds is 9. The van der Waals surface area contributed by atoms with Gasteiger partial charge in [0.05, 0.1) is 16.3 Å². The van der Waals surface area contributed by atoms with Crippen molar-refractivity contribution in [2.45, 2.75) is 32.6 Å². The number of hydrazone groups is 1. The van der Waals surface area contributed by atoms with Crippen LogP contribution in [0.15, 0.2) is 101 Å². The van der Waals surface area contributed by atoms with Gasteiger partial charge in [0.15, 0.2) is 0 Å². The summed E-state index contributed by atoms with van der Waals surface area (Å²) in [5.41, 5.74) is 7.55. The van der Waals surface area contributed by atoms with Crippen LogP contribution in [0.1, 0.15) is 39.5 Å². The lowest BCUT2D eigenvalue weighted by Crippen LogP contribution is -2.40. The van der Waals surface area contributed by atoms with Gasteiger partial charge in [-0.15, -0.1) is 0 Å². The molecular formula is C32H31ClN4O4S. The number of nitrogens with one attached hydrogen (secondary N) is 2. The number of nitrogens with zero attached hydrogens (tertiary/aromatic N) is 2. The molecule has 0 aliphatic rings. The summed E-state index contributed by atoms with van der Waals surface area (Å²) in [6, 6.07) is 25.4. The number of anilines is 2. The topological polar surface area (TPSA) is 108 Å². The smallest absolute Gasteiger partial charge is 0.264 e. The van der Waals surface area contributed by atoms with Crippen molar-refractivity contribution in [3.63, 3.8) is 0 Å². The second-order valence-electron chi connectivity index (χ2n) is 9.89. The Kier molecular flexibility index (Phi) is 9.45. The lowest BCUT2D eigenvalue weighted by atomic mass is 10.1. The molecule has 0 spiro atoms. The molecule has 0 aromatic heterocycles. The van der Waals surface area contributed by atoms with Crippen LogP contribution in [0.25, 0.3) is 0 Å². The Morgan fingerprint density at radius 1 is 0.833 bits per heavy atom. The Bertz CT molecular complexity index is 1770. The van der Waals surface area contributed by atoms with Crippen LogP contribution in [0.3, 0.4) is 0 Å². The van der Waals surface area contributed by atoms with E-state index in [1.165, 1.54) is 12.1 Å². The molecule has 4 aromatic carbocycles. The molecule has 4 rings (SSSR count). The maximum atomic E-state index is 13.7. The van der Waals surface area contributed by atoms with Gasteiger partial charge in [-0.25, -0.2) is 13.8 Å². The summed E-state index contributed by atoms with van der Waals surface area (Å²) < 4.78 is 28.5. The van der Waals surface area contributed by atoms with E-state index >= 15 is 0 Å². The first-order chi connectivity index (χ1) is 19.9. The summed E-state index contributed by atoms with van der Waals surface area (Å²) in [6.45, 7) is 6.81. The highest BCUT2D eigenvalue weighted by Crippen LogP contribution is 2.27. The Morgan fingerprint density at radius 3 is 2.19 bits per heavy atom. The number of sulfonamides is 1. The summed E-state index contributed by atoms with van der Waals surface area (Å²) in [6.07, 6.45) is 0. The molecule has 0 saturated heterocycles. The van der Waals surface area contributed by atoms with E-state index in [0.717, 1.165) is 21.0 Å². The number of halogens is 1. The van der Waals surface area contributed by atoms with Gasteiger partial charge in [0.25, 0.3) is 21.8 Å². The van der Waals surface area contributed by atoms with Crippen molar-refractivity contribution in [3.05, 3.63) is 124 Å². The molecule has 0 unspecified atom stereocenters. The van der Waals surface area contributed by atoms with Crippen molar-refractivity contribution in [2.75, 3.05) is 16.2 Å². The molecule has 10 heteroatoms. The molecule has 0 aliphatic heterocycles. The van der Waals surface area contributed by atoms with Gasteiger partial charge in [-0.1, -0.05) is 65.2 Å². The number of carbonyl (C=O) groups is 2. The van der Waals surface area contributed by atoms with E-state index in [1.54, 1.807) is 86.6 Å². The summed E-state index contributed by atoms with van der Waals surface area (Å²) in [5.74, 6) is -0.936. The first-order valence-electron chi connectivity index (χ1n) is 13.1. The fraction of sp³-hybridized carbons (Fsp3) is 0.156. The molecule has 0 saturated carbocycles. The molecular weight excluding hydrogens is 572 g/mol. The SMILES string of the molecule is C/C(=N/NC(=O)CN(c1ccc(C)cc1C)S(=O)(=O)c1ccc(C)cc1)c1cccc(NC(=O)c2cccc(Cl)c2)c1. The summed E-state index contributed by atoms with van der Waals surface area (Å²) in [5, 5.41) is 7.48. The Morgan fingerprint density at radius 2 is 1.50 bits per heavy atom. The van der Waals surface area contributed by atoms with Gasteiger partial charge in [-0.2, -0.15) is 5.10 Å². The molecule has 2 N–H and O–H groups in total. The van der Waals surface area contributed by atoms with Gasteiger partial charge in [0.1, 0.15) is 6.54 Å². The van der Waals surface area contributed by atoms with E-state index in [9.17, 15) is 18.0 Å². The number of aryl methyl sites for hydroxylation is 3. The number of carbonyl (C=O) groups excluding carboxylic acids is 2. The van der Waals surface area contributed by atoms with E-state index in [-0.39, 0.29) is 10.8 Å². The van der Waals surface area contributed by atoms with Gasteiger partial charge >= 0.3 is 0 Å². The quantitative estimate of drug-likeness (QED) is 0.174. The average molecular weight is 603 g/mol. The normalized spacial score (nSPS) is 11.6. The highest BCUT2D eigenvalue weighted by Gasteiger charge is 2.28. The molecule has 42 heavy (non-hydrogen) atoms. The van der Waals surface area contributed by atoms with Crippen molar-refractivity contribution >= 4 is 50.5 Å². The van der Waals surface area contributed by atoms with Crippen LogP contribution >= 0.6 is 11.6 Å². The zero-order chi connectivity index (χ0) is 30.4. The standard InChI is InChI=1S/C32H31ClN4O4S/c1-21-11-14-29(15-12-21)42(40,41)37(30-16-13-22(2)17-23(30)3)20-31(38)36-35-24(4)25-7-6-10-28(19-25)34-32(39)26-8-5-9-27(33)18-26/h5-19H,20H2,1-4H3,(H,34,39)(H,36,38)/b35-24-. The van der Waals surface area contributed by atoms with Gasteiger partial charge in [0.2, 0.25) is 0 Å². The lowest BCUT2D eigenvalue weighted by molar-refractivity contribution is -0.119. The van der Waals surface area contributed by atoms with E-state index in [0.29, 0.717) is 33.2 Å². The number of amides is 2. The van der Waals surface area contributed by atoms with E-state index in [2.05, 4.69) is 15.8 Å². The van der Waals surface area contributed by atoms with Crippen LogP contribution in [-0.4, -0.2) is 32.5 Å². The highest BCUT2D eigenvalue weighted by atomic mass is 35.5. The van der Waals surface area contributed by atoms with Gasteiger partial charge in [-0.05, 0) is 87.4 Å². The molecule has 4 aromatic rings. The van der Waals surface area contributed by atoms with Crippen LogP contribution in [0, 0.1) is 20.8 Å². The van der Waals surface area contributed by atoms with Crippen molar-refractivity contribution in [1.82, 2.24) is 5.43 Å². The summed E-state index contributed by atoms with van der Waals surface area (Å²) in [4.78, 5) is 25.8. The first-order valence-corrected chi connectivity index (χ1v) is 14.9. The fourth-order valence-electron chi connectivity index (χ4n) is 4.25. The average Bonchev–Trinajstić information content (AvgIpc) is 2.95. The maximum Gasteiger partial charge on any atom is 0.264 e. The summed E-state index contributed by atoms with van der Waals surface area (Å²) >= 11 is 5.99. The van der Waals surface area contributed by atoms with Gasteiger partial charge in [0, 0.05) is 16.3 Å². The van der Waals surface area contributed by atoms with Crippen LogP contribution in [0.2, 0.25) is 5.02 Å². The number of hydrogen-bond acceptors (Lipinski definition) is 5. The third kappa shape index (κ3) is 7.43. The van der Waals surface area contributed by atoms with Gasteiger partial charge in [-0.3, -0.25) is 13.9 Å². The Labute approximate surface area is 251 Å². The molecule has 216 valence electrons. The zero-order valence-electron chi connectivity index (χ0n) is 23.7. The van der Waals surface area contributed by atoms with Crippen molar-refractivity contribution in [2.24, 2.45) is 5.10 Å². The highest BCUT2D eigenvalue weighted by molar-refractivity contribution is 7.92. The third-order valence-corrected chi connectivity index (χ3v) is 8.50. The minimum absolute atomic E-state index is 0.0807. The Hall–Kier alpha value is -4.47. The molecule has 0 atom stereocenters. The molecule has 0 aliphatic carbocycles. The number of benzene rings is 4. The minimum Gasteiger partial charge on any atom is -0.322 e. The van der Waals surface area contributed by atoms with Crippen molar-refractivity contribution in [1.29, 1.82) is 0 Å². The third-order valence-electron chi connectivity index (χ3n) is 6.49. The van der Waals surface area contributed by atoms with Gasteiger partial charge < -0.3 is 5.32 Å². The van der Waals surface area contributed by atoms with E-state index < -0.39 is 22.5 Å². The molecule has 2 amide bonds. The fourth-order valence-corrected chi connectivity index (χ4v) is 5.93. The van der Waals surface area contributed by atoms with Crippen LogP contribution in [0.5, 0.6) is 0 Å². The first kappa shape index (κ1) is 30.5. The monoisotopic (exact) mass is 602 g/mol. The minimum atomic E-state index is -4.06. The molecule has 0 fully saturated rings. The predicted octanol–water partition coefficient (Wildman–Crippen LogP) is 6.25. The molecule has 0 radical (unpaired) electrons. The molecule has 0 heterocycles. The summed E-state index contributed by atoms with van der Waals surface area (Å²) in [7, 11) is -4.06. The Balaban J connectivity index is 1.53.